The van der Waals surface area contributed by atoms with E-state index in [1.54, 1.807) is 6.08 Å². The molecule has 1 unspecified atom stereocenters. The summed E-state index contributed by atoms with van der Waals surface area (Å²) in [4.78, 5) is 0. The monoisotopic (exact) mass is 204 g/mol. The Labute approximate surface area is 92.8 Å². The van der Waals surface area contributed by atoms with Crippen LogP contribution < -0.4 is 0 Å². The molecule has 1 aromatic carbocycles. The third-order valence-electron chi connectivity index (χ3n) is 2.54. The first-order chi connectivity index (χ1) is 7.15. The van der Waals surface area contributed by atoms with Gasteiger partial charge in [-0.2, -0.15) is 0 Å². The minimum Gasteiger partial charge on any atom is -0.370 e. The van der Waals surface area contributed by atoms with Gasteiger partial charge in [-0.3, -0.25) is 0 Å². The molecule has 0 aliphatic rings. The topological polar surface area (TPSA) is 9.23 Å². The molecule has 1 nitrogen and oxygen atoms in total. The third-order valence-corrected chi connectivity index (χ3v) is 2.54. The van der Waals surface area contributed by atoms with Crippen molar-refractivity contribution in [1.82, 2.24) is 0 Å². The molecular weight excluding hydrogens is 184 g/mol. The van der Waals surface area contributed by atoms with Crippen LogP contribution in [0.5, 0.6) is 0 Å². The van der Waals surface area contributed by atoms with Crippen LogP contribution in [0.4, 0.5) is 0 Å². The van der Waals surface area contributed by atoms with Crippen LogP contribution in [0.3, 0.4) is 0 Å². The summed E-state index contributed by atoms with van der Waals surface area (Å²) in [6.45, 7) is 10.7. The first kappa shape index (κ1) is 12.0. The van der Waals surface area contributed by atoms with Crippen molar-refractivity contribution in [2.24, 2.45) is 0 Å². The standard InChI is InChI=1S/C14H20O/c1-5-10-15-12(4)14-8-6-13(7-9-14)11(2)3/h5-9,11-12H,1,10H2,2-4H3. The van der Waals surface area contributed by atoms with Crippen LogP contribution in [-0.2, 0) is 4.74 Å². The maximum Gasteiger partial charge on any atom is 0.0801 e. The number of rotatable bonds is 5. The van der Waals surface area contributed by atoms with E-state index in [9.17, 15) is 0 Å². The Kier molecular flexibility index (Phi) is 4.57. The fraction of sp³-hybridized carbons (Fsp3) is 0.429. The number of hydrogen-bond acceptors (Lipinski definition) is 1. The Bertz CT molecular complexity index is 298. The Morgan fingerprint density at radius 1 is 1.13 bits per heavy atom. The summed E-state index contributed by atoms with van der Waals surface area (Å²) in [6.07, 6.45) is 1.92. The van der Waals surface area contributed by atoms with Crippen molar-refractivity contribution < 1.29 is 4.74 Å². The maximum absolute atomic E-state index is 5.56. The van der Waals surface area contributed by atoms with Crippen LogP contribution in [0.25, 0.3) is 0 Å². The maximum atomic E-state index is 5.56. The minimum atomic E-state index is 0.143. The molecule has 1 aromatic rings. The molecule has 82 valence electrons. The second kappa shape index (κ2) is 5.72. The van der Waals surface area contributed by atoms with Gasteiger partial charge in [0.1, 0.15) is 0 Å². The highest BCUT2D eigenvalue weighted by molar-refractivity contribution is 5.25. The predicted molar refractivity (Wildman–Crippen MR) is 65.1 cm³/mol. The highest BCUT2D eigenvalue weighted by Crippen LogP contribution is 2.20. The molecule has 15 heavy (non-hydrogen) atoms. The average Bonchev–Trinajstić information content (AvgIpc) is 2.26. The first-order valence-electron chi connectivity index (χ1n) is 5.47. The van der Waals surface area contributed by atoms with Gasteiger partial charge in [0.15, 0.2) is 0 Å². The molecule has 0 radical (unpaired) electrons. The summed E-state index contributed by atoms with van der Waals surface area (Å²) in [7, 11) is 0. The lowest BCUT2D eigenvalue weighted by molar-refractivity contribution is 0.0888. The van der Waals surface area contributed by atoms with Crippen LogP contribution in [0.2, 0.25) is 0 Å². The highest BCUT2D eigenvalue weighted by atomic mass is 16.5. The van der Waals surface area contributed by atoms with Gasteiger partial charge in [0.25, 0.3) is 0 Å². The SMILES string of the molecule is C=CCOC(C)c1ccc(C(C)C)cc1. The fourth-order valence-electron chi connectivity index (χ4n) is 1.46. The zero-order valence-corrected chi connectivity index (χ0v) is 9.86. The van der Waals surface area contributed by atoms with Crippen LogP contribution in [0.15, 0.2) is 36.9 Å². The Hall–Kier alpha value is -1.08. The van der Waals surface area contributed by atoms with Gasteiger partial charge >= 0.3 is 0 Å². The van der Waals surface area contributed by atoms with E-state index in [1.807, 2.05) is 0 Å². The molecule has 0 heterocycles. The van der Waals surface area contributed by atoms with Gasteiger partial charge in [0, 0.05) is 0 Å². The molecule has 0 aromatic heterocycles. The summed E-state index contributed by atoms with van der Waals surface area (Å²) in [5, 5.41) is 0. The van der Waals surface area contributed by atoms with Crippen LogP contribution >= 0.6 is 0 Å². The molecule has 0 saturated heterocycles. The normalized spacial score (nSPS) is 12.8. The molecule has 0 spiro atoms. The summed E-state index contributed by atoms with van der Waals surface area (Å²) < 4.78 is 5.56. The average molecular weight is 204 g/mol. The molecule has 0 aliphatic carbocycles. The Morgan fingerprint density at radius 3 is 2.13 bits per heavy atom. The minimum absolute atomic E-state index is 0.143. The van der Waals surface area contributed by atoms with E-state index in [-0.39, 0.29) is 6.10 Å². The molecule has 1 rings (SSSR count). The van der Waals surface area contributed by atoms with Crippen molar-refractivity contribution in [2.75, 3.05) is 6.61 Å². The van der Waals surface area contributed by atoms with Gasteiger partial charge in [-0.05, 0) is 24.0 Å². The lowest BCUT2D eigenvalue weighted by atomic mass is 10.0. The van der Waals surface area contributed by atoms with Gasteiger partial charge in [0.2, 0.25) is 0 Å². The quantitative estimate of drug-likeness (QED) is 0.657. The molecule has 0 aliphatic heterocycles. The molecular formula is C14H20O. The van der Waals surface area contributed by atoms with Crippen LogP contribution in [-0.4, -0.2) is 6.61 Å². The number of benzene rings is 1. The first-order valence-corrected chi connectivity index (χ1v) is 5.47. The second-order valence-corrected chi connectivity index (χ2v) is 4.09. The van der Waals surface area contributed by atoms with E-state index in [4.69, 9.17) is 4.74 Å². The van der Waals surface area contributed by atoms with Gasteiger partial charge in [-0.25, -0.2) is 0 Å². The summed E-state index contributed by atoms with van der Waals surface area (Å²) >= 11 is 0. The number of hydrogen-bond donors (Lipinski definition) is 0. The molecule has 0 saturated carbocycles. The summed E-state index contributed by atoms with van der Waals surface area (Å²) in [5.74, 6) is 0.587. The lowest BCUT2D eigenvalue weighted by Crippen LogP contribution is -2.00. The largest absolute Gasteiger partial charge is 0.370 e. The molecule has 0 N–H and O–H groups in total. The van der Waals surface area contributed by atoms with Crippen LogP contribution in [0, 0.1) is 0 Å². The van der Waals surface area contributed by atoms with E-state index >= 15 is 0 Å². The third kappa shape index (κ3) is 3.52. The van der Waals surface area contributed by atoms with Crippen molar-refractivity contribution >= 4 is 0 Å². The predicted octanol–water partition coefficient (Wildman–Crippen LogP) is 4.07. The summed E-state index contributed by atoms with van der Waals surface area (Å²) in [6, 6.07) is 8.63. The van der Waals surface area contributed by atoms with E-state index in [0.717, 1.165) is 0 Å². The zero-order valence-electron chi connectivity index (χ0n) is 9.86. The Balaban J connectivity index is 2.66. The van der Waals surface area contributed by atoms with Crippen LogP contribution in [0.1, 0.15) is 43.9 Å². The van der Waals surface area contributed by atoms with E-state index in [0.29, 0.717) is 12.5 Å². The smallest absolute Gasteiger partial charge is 0.0801 e. The van der Waals surface area contributed by atoms with Crippen molar-refractivity contribution in [3.05, 3.63) is 48.0 Å². The van der Waals surface area contributed by atoms with Gasteiger partial charge in [0.05, 0.1) is 12.7 Å². The van der Waals surface area contributed by atoms with E-state index in [1.165, 1.54) is 11.1 Å². The van der Waals surface area contributed by atoms with Gasteiger partial charge in [-0.15, -0.1) is 6.58 Å². The highest BCUT2D eigenvalue weighted by Gasteiger charge is 2.05. The molecule has 0 amide bonds. The Morgan fingerprint density at radius 2 is 1.67 bits per heavy atom. The zero-order chi connectivity index (χ0) is 11.3. The molecule has 0 bridgehead atoms. The second-order valence-electron chi connectivity index (χ2n) is 4.09. The molecule has 1 atom stereocenters. The van der Waals surface area contributed by atoms with E-state index < -0.39 is 0 Å². The fourth-order valence-corrected chi connectivity index (χ4v) is 1.46. The van der Waals surface area contributed by atoms with E-state index in [2.05, 4.69) is 51.6 Å². The van der Waals surface area contributed by atoms with Gasteiger partial charge < -0.3 is 4.74 Å². The van der Waals surface area contributed by atoms with Crippen molar-refractivity contribution in [2.45, 2.75) is 32.8 Å². The lowest BCUT2D eigenvalue weighted by Gasteiger charge is -2.13. The van der Waals surface area contributed by atoms with Crippen molar-refractivity contribution in [1.29, 1.82) is 0 Å². The van der Waals surface area contributed by atoms with Crippen molar-refractivity contribution in [3.63, 3.8) is 0 Å². The van der Waals surface area contributed by atoms with Crippen molar-refractivity contribution in [3.8, 4) is 0 Å². The van der Waals surface area contributed by atoms with Gasteiger partial charge in [-0.1, -0.05) is 44.2 Å². The summed E-state index contributed by atoms with van der Waals surface area (Å²) in [5.41, 5.74) is 2.59. The molecule has 0 fully saturated rings. The number of ether oxygens (including phenoxy) is 1. The molecule has 1 heteroatoms.